The first-order valence-corrected chi connectivity index (χ1v) is 8.37. The lowest BCUT2D eigenvalue weighted by molar-refractivity contribution is -0.667. The third kappa shape index (κ3) is 8.41. The van der Waals surface area contributed by atoms with Crippen LogP contribution in [-0.4, -0.2) is 33.3 Å². The van der Waals surface area contributed by atoms with Gasteiger partial charge in [-0.15, -0.1) is 0 Å². The highest BCUT2D eigenvalue weighted by atomic mass is 32.2. The van der Waals surface area contributed by atoms with E-state index in [1.54, 1.807) is 12.1 Å². The Hall–Kier alpha value is -0.770. The number of halogens is 3. The van der Waals surface area contributed by atoms with Gasteiger partial charge in [0.25, 0.3) is 0 Å². The molecule has 0 bridgehead atoms. The van der Waals surface area contributed by atoms with Crippen LogP contribution in [0.25, 0.3) is 4.72 Å². The molecule has 9 heteroatoms. The molecule has 0 atom stereocenters. The van der Waals surface area contributed by atoms with Gasteiger partial charge in [-0.2, -0.15) is 13.2 Å². The fraction of sp³-hybridized carbons (Fsp3) is 0.455. The van der Waals surface area contributed by atoms with Gasteiger partial charge in [0.1, 0.15) is 6.54 Å². The zero-order chi connectivity index (χ0) is 15.2. The third-order valence-corrected chi connectivity index (χ3v) is 3.59. The first-order chi connectivity index (χ1) is 9.16. The molecule has 4 nitrogen and oxygen atoms in total. The second kappa shape index (κ2) is 7.30. The number of benzene rings is 1. The Morgan fingerprint density at radius 1 is 1.25 bits per heavy atom. The summed E-state index contributed by atoms with van der Waals surface area (Å²) in [5.74, 6) is 0. The van der Waals surface area contributed by atoms with Crippen molar-refractivity contribution >= 4 is 21.8 Å². The Kier molecular flexibility index (Phi) is 6.31. The van der Waals surface area contributed by atoms with Crippen LogP contribution in [-0.2, 0) is 16.6 Å². The molecule has 0 fully saturated rings. The molecule has 0 radical (unpaired) electrons. The molecule has 114 valence electrons. The molecule has 0 unspecified atom stereocenters. The summed E-state index contributed by atoms with van der Waals surface area (Å²) in [4.78, 5) is 0.147. The number of nitrogens with zero attached hydrogens (tertiary/aromatic N) is 1. The van der Waals surface area contributed by atoms with Crippen molar-refractivity contribution in [3.8, 4) is 0 Å². The molecule has 0 aromatic heterocycles. The predicted molar refractivity (Wildman–Crippen MR) is 71.9 cm³/mol. The van der Waals surface area contributed by atoms with Crippen LogP contribution in [0, 0.1) is 0 Å². The molecule has 2 N–H and O–H groups in total. The fourth-order valence-corrected chi connectivity index (χ4v) is 2.38. The molecule has 0 saturated heterocycles. The van der Waals surface area contributed by atoms with E-state index in [9.17, 15) is 21.6 Å². The van der Waals surface area contributed by atoms with E-state index >= 15 is 0 Å². The standard InChI is InChI=1S/C11H14F3N2O2S2/c1-20(17,18)16-7-6-15-8-9-2-4-10(5-3-9)19-11(12,13)14/h2-5,15H,6-8H2,1H3/q-1/p+1. The van der Waals surface area contributed by atoms with E-state index in [1.807, 2.05) is 5.32 Å². The van der Waals surface area contributed by atoms with Crippen molar-refractivity contribution in [3.63, 3.8) is 0 Å². The second-order valence-electron chi connectivity index (χ2n) is 4.06. The van der Waals surface area contributed by atoms with E-state index in [0.717, 1.165) is 11.8 Å². The Labute approximate surface area is 120 Å². The van der Waals surface area contributed by atoms with Gasteiger partial charge in [0.2, 0.25) is 0 Å². The molecule has 0 saturated carbocycles. The first kappa shape index (κ1) is 17.3. The molecule has 0 heterocycles. The lowest BCUT2D eigenvalue weighted by atomic mass is 10.2. The van der Waals surface area contributed by atoms with Gasteiger partial charge in [-0.25, -0.2) is 8.42 Å². The fourth-order valence-electron chi connectivity index (χ4n) is 1.41. The van der Waals surface area contributed by atoms with Crippen LogP contribution in [0.3, 0.4) is 0 Å². The number of rotatable bonds is 7. The van der Waals surface area contributed by atoms with E-state index in [1.165, 1.54) is 12.1 Å². The van der Waals surface area contributed by atoms with Crippen LogP contribution in [0.15, 0.2) is 29.2 Å². The second-order valence-corrected chi connectivity index (χ2v) is 6.92. The van der Waals surface area contributed by atoms with Crippen molar-refractivity contribution < 1.29 is 26.9 Å². The van der Waals surface area contributed by atoms with Crippen LogP contribution in [0.4, 0.5) is 13.2 Å². The van der Waals surface area contributed by atoms with Gasteiger partial charge in [-0.1, -0.05) is 18.7 Å². The molecule has 20 heavy (non-hydrogen) atoms. The van der Waals surface area contributed by atoms with E-state index in [0.29, 0.717) is 13.1 Å². The number of nitrogens with two attached hydrogens (primary N) is 1. The average molecular weight is 328 g/mol. The van der Waals surface area contributed by atoms with Gasteiger partial charge in [0, 0.05) is 16.7 Å². The van der Waals surface area contributed by atoms with Crippen molar-refractivity contribution in [2.24, 2.45) is 0 Å². The molecular formula is C11H15F3N2O2S2. The lowest BCUT2D eigenvalue weighted by Crippen LogP contribution is -2.83. The highest BCUT2D eigenvalue weighted by Gasteiger charge is 2.28. The van der Waals surface area contributed by atoms with Crippen molar-refractivity contribution in [2.45, 2.75) is 16.9 Å². The number of sulfonamides is 1. The Morgan fingerprint density at radius 3 is 2.35 bits per heavy atom. The van der Waals surface area contributed by atoms with Gasteiger partial charge in [0.05, 0.1) is 16.6 Å². The molecule has 1 aromatic rings. The highest BCUT2D eigenvalue weighted by Crippen LogP contribution is 2.36. The van der Waals surface area contributed by atoms with Crippen LogP contribution in [0.1, 0.15) is 5.56 Å². The van der Waals surface area contributed by atoms with Crippen LogP contribution in [0.2, 0.25) is 0 Å². The van der Waals surface area contributed by atoms with Gasteiger partial charge in [-0.05, 0) is 23.9 Å². The van der Waals surface area contributed by atoms with Crippen molar-refractivity contribution in [1.82, 2.24) is 0 Å². The molecule has 0 aliphatic carbocycles. The molecular weight excluding hydrogens is 313 g/mol. The summed E-state index contributed by atoms with van der Waals surface area (Å²) in [6, 6.07) is 6.08. The van der Waals surface area contributed by atoms with Gasteiger partial charge in [-0.3, -0.25) is 0 Å². The average Bonchev–Trinajstić information content (AvgIpc) is 2.27. The zero-order valence-corrected chi connectivity index (χ0v) is 12.4. The zero-order valence-electron chi connectivity index (χ0n) is 10.7. The van der Waals surface area contributed by atoms with E-state index < -0.39 is 15.5 Å². The van der Waals surface area contributed by atoms with Gasteiger partial charge >= 0.3 is 5.51 Å². The van der Waals surface area contributed by atoms with E-state index in [-0.39, 0.29) is 23.2 Å². The summed E-state index contributed by atoms with van der Waals surface area (Å²) < 4.78 is 61.3. The van der Waals surface area contributed by atoms with E-state index in [2.05, 4.69) is 4.72 Å². The molecule has 0 aliphatic heterocycles. The number of quaternary nitrogens is 1. The third-order valence-electron chi connectivity index (χ3n) is 2.20. The molecule has 1 rings (SSSR count). The number of thioether (sulfide) groups is 1. The van der Waals surface area contributed by atoms with Gasteiger partial charge < -0.3 is 10.0 Å². The minimum atomic E-state index is -4.28. The van der Waals surface area contributed by atoms with Crippen LogP contribution >= 0.6 is 11.8 Å². The molecule has 0 spiro atoms. The lowest BCUT2D eigenvalue weighted by Gasteiger charge is -2.14. The SMILES string of the molecule is CS(=O)(=O)[N-]CC[NH2+]Cc1ccc(SC(F)(F)F)cc1. The number of alkyl halides is 3. The van der Waals surface area contributed by atoms with Crippen molar-refractivity contribution in [3.05, 3.63) is 34.6 Å². The quantitative estimate of drug-likeness (QED) is 0.612. The summed E-state index contributed by atoms with van der Waals surface area (Å²) in [5.41, 5.74) is -3.41. The summed E-state index contributed by atoms with van der Waals surface area (Å²) in [5, 5.41) is 1.85. The molecule has 1 aromatic carbocycles. The topological polar surface area (TPSA) is 64.8 Å². The summed E-state index contributed by atoms with van der Waals surface area (Å²) in [6.07, 6.45) is 1.03. The normalized spacial score (nSPS) is 12.6. The maximum Gasteiger partial charge on any atom is 0.446 e. The van der Waals surface area contributed by atoms with E-state index in [4.69, 9.17) is 0 Å². The minimum Gasteiger partial charge on any atom is -0.545 e. The van der Waals surface area contributed by atoms with Crippen LogP contribution < -0.4 is 5.32 Å². The number of hydrogen-bond donors (Lipinski definition) is 1. The molecule has 0 amide bonds. The van der Waals surface area contributed by atoms with Gasteiger partial charge in [0.15, 0.2) is 0 Å². The summed E-state index contributed by atoms with van der Waals surface area (Å²) in [6.45, 7) is 1.27. The Bertz CT molecular complexity index is 515. The summed E-state index contributed by atoms with van der Waals surface area (Å²) >= 11 is -0.148. The monoisotopic (exact) mass is 328 g/mol. The highest BCUT2D eigenvalue weighted by molar-refractivity contribution is 8.00. The smallest absolute Gasteiger partial charge is 0.446 e. The Balaban J connectivity index is 2.32. The largest absolute Gasteiger partial charge is 0.545 e. The first-order valence-electron chi connectivity index (χ1n) is 5.71. The molecule has 0 aliphatic rings. The van der Waals surface area contributed by atoms with Crippen molar-refractivity contribution in [1.29, 1.82) is 0 Å². The van der Waals surface area contributed by atoms with Crippen molar-refractivity contribution in [2.75, 3.05) is 19.3 Å². The summed E-state index contributed by atoms with van der Waals surface area (Å²) in [7, 11) is -3.30. The maximum atomic E-state index is 12.1. The Morgan fingerprint density at radius 2 is 1.85 bits per heavy atom. The maximum absolute atomic E-state index is 12.1. The predicted octanol–water partition coefficient (Wildman–Crippen LogP) is 1.70. The minimum absolute atomic E-state index is 0.147. The van der Waals surface area contributed by atoms with Crippen LogP contribution in [0.5, 0.6) is 0 Å². The number of hydrogen-bond acceptors (Lipinski definition) is 3.